The predicted octanol–water partition coefficient (Wildman–Crippen LogP) is 4.37. The highest BCUT2D eigenvalue weighted by molar-refractivity contribution is 5.74. The topological polar surface area (TPSA) is 52.1 Å². The van der Waals surface area contributed by atoms with Gasteiger partial charge in [-0.1, -0.05) is 12.1 Å². The predicted molar refractivity (Wildman–Crippen MR) is 84.9 cm³/mol. The lowest BCUT2D eigenvalue weighted by atomic mass is 10.2. The molecule has 0 aliphatic rings. The molecule has 4 rings (SSSR count). The normalized spacial score (nSPS) is 11.5. The second-order valence-corrected chi connectivity index (χ2v) is 5.66. The first-order valence-corrected chi connectivity index (χ1v) is 7.39. The number of aryl methyl sites for hydroxylation is 4. The molecular formula is C18H16N2O2. The highest BCUT2D eigenvalue weighted by atomic mass is 16.4. The zero-order chi connectivity index (χ0) is 15.1. The Hall–Kier alpha value is -2.62. The van der Waals surface area contributed by atoms with Crippen molar-refractivity contribution in [3.05, 3.63) is 59.3 Å². The first kappa shape index (κ1) is 13.1. The van der Waals surface area contributed by atoms with Gasteiger partial charge in [0.1, 0.15) is 11.0 Å². The molecule has 110 valence electrons. The SMILES string of the molecule is Cc1ccc2oc(CCc3nc4cc(C)ccc4o3)nc2c1. The number of aromatic nitrogens is 2. The van der Waals surface area contributed by atoms with E-state index in [0.29, 0.717) is 12.8 Å². The molecule has 0 amide bonds. The van der Waals surface area contributed by atoms with Gasteiger partial charge in [0.15, 0.2) is 22.9 Å². The Kier molecular flexibility index (Phi) is 2.96. The van der Waals surface area contributed by atoms with Crippen LogP contribution in [0.25, 0.3) is 22.2 Å². The van der Waals surface area contributed by atoms with E-state index in [-0.39, 0.29) is 0 Å². The summed E-state index contributed by atoms with van der Waals surface area (Å²) in [5.41, 5.74) is 5.83. The molecule has 2 heterocycles. The Morgan fingerprint density at radius 2 is 1.18 bits per heavy atom. The third kappa shape index (κ3) is 2.37. The fourth-order valence-electron chi connectivity index (χ4n) is 2.60. The highest BCUT2D eigenvalue weighted by Gasteiger charge is 2.10. The van der Waals surface area contributed by atoms with Gasteiger partial charge in [0.25, 0.3) is 0 Å². The summed E-state index contributed by atoms with van der Waals surface area (Å²) in [5, 5.41) is 0. The van der Waals surface area contributed by atoms with Gasteiger partial charge in [0.05, 0.1) is 0 Å². The van der Waals surface area contributed by atoms with Crippen molar-refractivity contribution >= 4 is 22.2 Å². The van der Waals surface area contributed by atoms with Crippen LogP contribution in [0.3, 0.4) is 0 Å². The largest absolute Gasteiger partial charge is 0.441 e. The van der Waals surface area contributed by atoms with Gasteiger partial charge in [-0.3, -0.25) is 0 Å². The first-order chi connectivity index (χ1) is 10.7. The number of benzene rings is 2. The van der Waals surface area contributed by atoms with Crippen LogP contribution in [0.15, 0.2) is 45.2 Å². The second kappa shape index (κ2) is 4.98. The van der Waals surface area contributed by atoms with Gasteiger partial charge >= 0.3 is 0 Å². The number of nitrogens with zero attached hydrogens (tertiary/aromatic N) is 2. The lowest BCUT2D eigenvalue weighted by molar-refractivity contribution is 0.488. The van der Waals surface area contributed by atoms with Gasteiger partial charge in [-0.15, -0.1) is 0 Å². The monoisotopic (exact) mass is 292 g/mol. The maximum absolute atomic E-state index is 5.76. The van der Waals surface area contributed by atoms with Crippen molar-refractivity contribution < 1.29 is 8.83 Å². The van der Waals surface area contributed by atoms with Crippen LogP contribution < -0.4 is 0 Å². The zero-order valence-corrected chi connectivity index (χ0v) is 12.6. The summed E-state index contributed by atoms with van der Waals surface area (Å²) in [6.45, 7) is 4.10. The summed E-state index contributed by atoms with van der Waals surface area (Å²) < 4.78 is 11.5. The van der Waals surface area contributed by atoms with E-state index in [1.165, 1.54) is 11.1 Å². The molecule has 4 nitrogen and oxygen atoms in total. The molecule has 2 aromatic carbocycles. The van der Waals surface area contributed by atoms with E-state index in [2.05, 4.69) is 9.97 Å². The molecule has 0 spiro atoms. The van der Waals surface area contributed by atoms with Crippen LogP contribution in [0.1, 0.15) is 22.9 Å². The molecule has 4 heteroatoms. The highest BCUT2D eigenvalue weighted by Crippen LogP contribution is 2.20. The quantitative estimate of drug-likeness (QED) is 0.562. The van der Waals surface area contributed by atoms with E-state index in [0.717, 1.165) is 34.0 Å². The van der Waals surface area contributed by atoms with Gasteiger partial charge in [-0.2, -0.15) is 0 Å². The molecule has 0 N–H and O–H groups in total. The van der Waals surface area contributed by atoms with Crippen LogP contribution in [0, 0.1) is 13.8 Å². The lowest BCUT2D eigenvalue weighted by Crippen LogP contribution is -1.91. The second-order valence-electron chi connectivity index (χ2n) is 5.66. The van der Waals surface area contributed by atoms with Crippen molar-refractivity contribution in [2.75, 3.05) is 0 Å². The molecule has 0 unspecified atom stereocenters. The van der Waals surface area contributed by atoms with E-state index >= 15 is 0 Å². The van der Waals surface area contributed by atoms with Crippen molar-refractivity contribution in [3.63, 3.8) is 0 Å². The van der Waals surface area contributed by atoms with E-state index in [1.54, 1.807) is 0 Å². The molecule has 0 aliphatic heterocycles. The van der Waals surface area contributed by atoms with Gasteiger partial charge in [0, 0.05) is 12.8 Å². The number of hydrogen-bond acceptors (Lipinski definition) is 4. The molecule has 4 aromatic rings. The van der Waals surface area contributed by atoms with Crippen molar-refractivity contribution in [2.45, 2.75) is 26.7 Å². The zero-order valence-electron chi connectivity index (χ0n) is 12.6. The molecule has 2 aromatic heterocycles. The first-order valence-electron chi connectivity index (χ1n) is 7.39. The summed E-state index contributed by atoms with van der Waals surface area (Å²) >= 11 is 0. The molecule has 0 atom stereocenters. The van der Waals surface area contributed by atoms with Crippen LogP contribution >= 0.6 is 0 Å². The minimum absolute atomic E-state index is 0.680. The fraction of sp³-hybridized carbons (Fsp3) is 0.222. The average Bonchev–Trinajstić information content (AvgIpc) is 3.07. The van der Waals surface area contributed by atoms with Crippen LogP contribution in [0.4, 0.5) is 0 Å². The minimum atomic E-state index is 0.680. The number of rotatable bonds is 3. The maximum Gasteiger partial charge on any atom is 0.195 e. The Bertz CT molecular complexity index is 886. The molecular weight excluding hydrogens is 276 g/mol. The van der Waals surface area contributed by atoms with Crippen molar-refractivity contribution in [3.8, 4) is 0 Å². The molecule has 0 bridgehead atoms. The standard InChI is InChI=1S/C18H16N2O2/c1-11-3-5-15-13(9-11)19-17(21-15)7-8-18-20-14-10-12(2)4-6-16(14)22-18/h3-6,9-10H,7-8H2,1-2H3. The van der Waals surface area contributed by atoms with Crippen LogP contribution in [-0.4, -0.2) is 9.97 Å². The number of hydrogen-bond donors (Lipinski definition) is 0. The van der Waals surface area contributed by atoms with E-state index in [1.807, 2.05) is 50.2 Å². The summed E-state index contributed by atoms with van der Waals surface area (Å²) in [7, 11) is 0. The van der Waals surface area contributed by atoms with E-state index < -0.39 is 0 Å². The van der Waals surface area contributed by atoms with Crippen molar-refractivity contribution in [1.82, 2.24) is 9.97 Å². The number of oxazole rings is 2. The Balaban J connectivity index is 1.56. The molecule has 0 radical (unpaired) electrons. The average molecular weight is 292 g/mol. The van der Waals surface area contributed by atoms with E-state index in [9.17, 15) is 0 Å². The number of fused-ring (bicyclic) bond motifs is 2. The summed E-state index contributed by atoms with van der Waals surface area (Å²) in [6.07, 6.45) is 1.36. The smallest absolute Gasteiger partial charge is 0.195 e. The molecule has 0 fully saturated rings. The summed E-state index contributed by atoms with van der Waals surface area (Å²) in [4.78, 5) is 9.04. The van der Waals surface area contributed by atoms with Crippen LogP contribution in [-0.2, 0) is 12.8 Å². The van der Waals surface area contributed by atoms with Gasteiger partial charge in [-0.05, 0) is 49.2 Å². The Morgan fingerprint density at radius 3 is 1.64 bits per heavy atom. The minimum Gasteiger partial charge on any atom is -0.441 e. The summed E-state index contributed by atoms with van der Waals surface area (Å²) in [5.74, 6) is 1.44. The fourth-order valence-corrected chi connectivity index (χ4v) is 2.60. The maximum atomic E-state index is 5.76. The van der Waals surface area contributed by atoms with E-state index in [4.69, 9.17) is 8.83 Å². The third-order valence-corrected chi connectivity index (χ3v) is 3.73. The van der Waals surface area contributed by atoms with Gasteiger partial charge < -0.3 is 8.83 Å². The molecule has 0 saturated heterocycles. The Morgan fingerprint density at radius 1 is 0.727 bits per heavy atom. The Labute approximate surface area is 127 Å². The van der Waals surface area contributed by atoms with Crippen molar-refractivity contribution in [1.29, 1.82) is 0 Å². The van der Waals surface area contributed by atoms with Crippen molar-refractivity contribution in [2.24, 2.45) is 0 Å². The van der Waals surface area contributed by atoms with Gasteiger partial charge in [-0.25, -0.2) is 9.97 Å². The van der Waals surface area contributed by atoms with Gasteiger partial charge in [0.2, 0.25) is 0 Å². The molecule has 0 saturated carbocycles. The van der Waals surface area contributed by atoms with Crippen LogP contribution in [0.5, 0.6) is 0 Å². The third-order valence-electron chi connectivity index (χ3n) is 3.73. The lowest BCUT2D eigenvalue weighted by Gasteiger charge is -1.91. The molecule has 22 heavy (non-hydrogen) atoms. The summed E-state index contributed by atoms with van der Waals surface area (Å²) in [6, 6.07) is 12.0. The van der Waals surface area contributed by atoms with Crippen LogP contribution in [0.2, 0.25) is 0 Å². The molecule has 0 aliphatic carbocycles.